The zero-order valence-electron chi connectivity index (χ0n) is 37.1. The highest BCUT2D eigenvalue weighted by Crippen LogP contribution is 2.29. The van der Waals surface area contributed by atoms with Crippen molar-refractivity contribution in [3.05, 3.63) is 86.5 Å². The number of esters is 1. The molecule has 17 nitrogen and oxygen atoms in total. The molecule has 0 atom stereocenters. The lowest BCUT2D eigenvalue weighted by Gasteiger charge is -2.33. The predicted octanol–water partition coefficient (Wildman–Crippen LogP) is 5.06. The monoisotopic (exact) mass is 868 g/mol. The molecule has 1 fully saturated rings. The van der Waals surface area contributed by atoms with E-state index in [0.29, 0.717) is 90.0 Å². The molecule has 0 aliphatic carbocycles. The number of piperidine rings is 1. The van der Waals surface area contributed by atoms with Gasteiger partial charge in [-0.15, -0.1) is 16.4 Å². The number of anilines is 2. The molecular formula is C44H58N11O6S+. The molecule has 1 saturated heterocycles. The summed E-state index contributed by atoms with van der Waals surface area (Å²) in [6.45, 7) is 14.4. The summed E-state index contributed by atoms with van der Waals surface area (Å²) in [5.41, 5.74) is 1.76. The molecule has 5 aromatic rings. The number of thiazole rings is 1. The van der Waals surface area contributed by atoms with Crippen molar-refractivity contribution in [1.82, 2.24) is 39.9 Å². The smallest absolute Gasteiger partial charge is 0.362 e. The highest BCUT2D eigenvalue weighted by Gasteiger charge is 2.28. The molecule has 1 aliphatic heterocycles. The first-order valence-corrected chi connectivity index (χ1v) is 21.6. The van der Waals surface area contributed by atoms with E-state index in [1.807, 2.05) is 64.5 Å². The molecule has 2 N–H and O–H groups in total. The van der Waals surface area contributed by atoms with E-state index in [2.05, 4.69) is 56.8 Å². The van der Waals surface area contributed by atoms with Crippen LogP contribution in [0.25, 0.3) is 17.8 Å². The van der Waals surface area contributed by atoms with Gasteiger partial charge in [0, 0.05) is 42.1 Å². The van der Waals surface area contributed by atoms with Crippen molar-refractivity contribution in [2.24, 2.45) is 5.92 Å². The number of carbonyl (C=O) groups is 3. The Balaban J connectivity index is 1.19. The first-order chi connectivity index (χ1) is 29.3. The number of fused-ring (bicyclic) bond motifs is 1. The Labute approximate surface area is 365 Å². The number of pyridine rings is 1. The minimum absolute atomic E-state index is 0.0445. The van der Waals surface area contributed by atoms with Crippen LogP contribution in [0.3, 0.4) is 0 Å². The lowest BCUT2D eigenvalue weighted by Crippen LogP contribution is -2.49. The molecule has 4 aromatic heterocycles. The van der Waals surface area contributed by atoms with Crippen molar-refractivity contribution in [3.8, 4) is 5.75 Å². The third kappa shape index (κ3) is 12.1. The zero-order chi connectivity index (χ0) is 44.8. The number of amides is 2. The average Bonchev–Trinajstić information content (AvgIpc) is 3.86. The topological polar surface area (TPSA) is 188 Å². The van der Waals surface area contributed by atoms with Crippen molar-refractivity contribution >= 4 is 57.9 Å². The lowest BCUT2D eigenvalue weighted by molar-refractivity contribution is -0.881. The summed E-state index contributed by atoms with van der Waals surface area (Å²) >= 11 is 1.36. The third-order valence-electron chi connectivity index (χ3n) is 10.5. The number of tetrazole rings is 1. The maximum absolute atomic E-state index is 14.3. The maximum atomic E-state index is 14.3. The molecule has 6 rings (SSSR count). The SMILES string of the molecule is COc1ccc(Cn2nnnc2/C=C/c2c(N3CCC(CC(=O)NCC[N+](C)(C)CC(=O)OC(C)(C)C)CC3)nc3cc(C(=O)Nc4nc(C(C)(C)C)cs4)ccn3c2=O)cc1. The minimum atomic E-state index is -0.556. The Morgan fingerprint density at radius 1 is 1.00 bits per heavy atom. The van der Waals surface area contributed by atoms with Gasteiger partial charge < -0.3 is 24.2 Å². The number of hydrogen-bond acceptors (Lipinski definition) is 13. The van der Waals surface area contributed by atoms with Crippen LogP contribution < -0.4 is 25.8 Å². The summed E-state index contributed by atoms with van der Waals surface area (Å²) in [7, 11) is 5.49. The first kappa shape index (κ1) is 45.5. The Bertz CT molecular complexity index is 2470. The fourth-order valence-electron chi connectivity index (χ4n) is 7.00. The summed E-state index contributed by atoms with van der Waals surface area (Å²) in [5, 5.41) is 20.6. The second kappa shape index (κ2) is 18.9. The quantitative estimate of drug-likeness (QED) is 0.105. The van der Waals surface area contributed by atoms with E-state index >= 15 is 0 Å². The third-order valence-corrected chi connectivity index (χ3v) is 11.2. The first-order valence-electron chi connectivity index (χ1n) is 20.7. The Morgan fingerprint density at radius 2 is 1.73 bits per heavy atom. The van der Waals surface area contributed by atoms with Crippen LogP contribution in [-0.2, 0) is 26.3 Å². The molecular weight excluding hydrogens is 811 g/mol. The number of benzene rings is 1. The molecule has 0 saturated carbocycles. The van der Waals surface area contributed by atoms with Gasteiger partial charge in [0.25, 0.3) is 11.5 Å². The van der Waals surface area contributed by atoms with Crippen molar-refractivity contribution in [2.45, 2.75) is 78.4 Å². The van der Waals surface area contributed by atoms with E-state index in [0.717, 1.165) is 17.0 Å². The van der Waals surface area contributed by atoms with Gasteiger partial charge in [-0.05, 0) is 91.9 Å². The fraction of sp³-hybridized carbons (Fsp3) is 0.477. The van der Waals surface area contributed by atoms with Crippen LogP contribution >= 0.6 is 11.3 Å². The summed E-state index contributed by atoms with van der Waals surface area (Å²) in [4.78, 5) is 64.9. The zero-order valence-corrected chi connectivity index (χ0v) is 37.9. The van der Waals surface area contributed by atoms with Gasteiger partial charge in [-0.1, -0.05) is 32.9 Å². The molecule has 5 heterocycles. The molecule has 18 heteroatoms. The molecule has 1 aromatic carbocycles. The van der Waals surface area contributed by atoms with Gasteiger partial charge in [-0.25, -0.2) is 19.4 Å². The van der Waals surface area contributed by atoms with E-state index in [4.69, 9.17) is 14.5 Å². The van der Waals surface area contributed by atoms with E-state index in [1.165, 1.54) is 15.7 Å². The number of ether oxygens (including phenoxy) is 2. The molecule has 0 bridgehead atoms. The number of carbonyl (C=O) groups excluding carboxylic acids is 3. The second-order valence-electron chi connectivity index (χ2n) is 18.3. The van der Waals surface area contributed by atoms with Crippen LogP contribution in [-0.4, -0.2) is 116 Å². The molecule has 2 amide bonds. The van der Waals surface area contributed by atoms with Gasteiger partial charge in [0.05, 0.1) is 52.1 Å². The van der Waals surface area contributed by atoms with E-state index in [1.54, 1.807) is 42.3 Å². The van der Waals surface area contributed by atoms with Gasteiger partial charge >= 0.3 is 5.97 Å². The van der Waals surface area contributed by atoms with E-state index in [9.17, 15) is 19.2 Å². The number of nitrogens with one attached hydrogen (secondary N) is 2. The predicted molar refractivity (Wildman–Crippen MR) is 239 cm³/mol. The van der Waals surface area contributed by atoms with E-state index < -0.39 is 5.60 Å². The number of aromatic nitrogens is 7. The normalized spacial score (nSPS) is 14.0. The van der Waals surface area contributed by atoms with Gasteiger partial charge in [0.15, 0.2) is 17.5 Å². The minimum Gasteiger partial charge on any atom is -0.497 e. The number of quaternary nitrogens is 1. The molecule has 0 radical (unpaired) electrons. The number of methoxy groups -OCH3 is 1. The summed E-state index contributed by atoms with van der Waals surface area (Å²) in [5.74, 6) is 1.08. The molecule has 62 heavy (non-hydrogen) atoms. The van der Waals surface area contributed by atoms with Crippen LogP contribution in [0.15, 0.2) is 52.8 Å². The maximum Gasteiger partial charge on any atom is 0.362 e. The van der Waals surface area contributed by atoms with Crippen LogP contribution in [0.4, 0.5) is 10.9 Å². The average molecular weight is 869 g/mol. The standard InChI is InChI=1S/C44H57N11O6S/c1-43(2,3)34-28-62-42(46-34)48-40(58)31-18-22-53-36(25-31)47-39(33(41(53)59)14-15-35-49-50-51-54(35)26-30-10-12-32(60-9)13-11-30)52-20-16-29(17-21-52)24-37(56)45-19-23-55(7,8)27-38(57)61-44(4,5)6/h10-15,18,22,25,28-29H,16-17,19-21,23-24,26-27H2,1-9H3,(H-,45,46,48,56,58)/p+1/b15-14+. The second-order valence-corrected chi connectivity index (χ2v) is 19.2. The van der Waals surface area contributed by atoms with Gasteiger partial charge in [0.1, 0.15) is 22.8 Å². The molecule has 0 spiro atoms. The van der Waals surface area contributed by atoms with Crippen molar-refractivity contribution < 1.29 is 28.3 Å². The van der Waals surface area contributed by atoms with Gasteiger partial charge in [0.2, 0.25) is 5.91 Å². The molecule has 330 valence electrons. The number of rotatable bonds is 15. The van der Waals surface area contributed by atoms with Crippen molar-refractivity contribution in [3.63, 3.8) is 0 Å². The van der Waals surface area contributed by atoms with Crippen molar-refractivity contribution in [1.29, 1.82) is 0 Å². The Morgan fingerprint density at radius 3 is 2.39 bits per heavy atom. The number of hydrogen-bond donors (Lipinski definition) is 2. The van der Waals surface area contributed by atoms with Gasteiger partial charge in [-0.2, -0.15) is 0 Å². The van der Waals surface area contributed by atoms with Crippen LogP contribution in [0.2, 0.25) is 0 Å². The highest BCUT2D eigenvalue weighted by molar-refractivity contribution is 7.14. The summed E-state index contributed by atoms with van der Waals surface area (Å²) < 4.78 is 14.2. The molecule has 1 aliphatic rings. The van der Waals surface area contributed by atoms with Crippen LogP contribution in [0.1, 0.15) is 93.8 Å². The Hall–Kier alpha value is -6.01. The van der Waals surface area contributed by atoms with Gasteiger partial charge in [-0.3, -0.25) is 24.1 Å². The summed E-state index contributed by atoms with van der Waals surface area (Å²) in [6, 6.07) is 10.8. The lowest BCUT2D eigenvalue weighted by atomic mass is 9.93. The van der Waals surface area contributed by atoms with E-state index in [-0.39, 0.29) is 41.2 Å². The molecule has 0 unspecified atom stereocenters. The van der Waals surface area contributed by atoms with Crippen LogP contribution in [0, 0.1) is 5.92 Å². The summed E-state index contributed by atoms with van der Waals surface area (Å²) in [6.07, 6.45) is 6.70. The Kier molecular flexibility index (Phi) is 13.9. The number of likely N-dealkylation sites (N-methyl/N-ethyl adjacent to an activating group) is 1. The van der Waals surface area contributed by atoms with Crippen LogP contribution in [0.5, 0.6) is 5.75 Å². The fourth-order valence-corrected chi connectivity index (χ4v) is 7.93. The van der Waals surface area contributed by atoms with Crippen molar-refractivity contribution in [2.75, 3.05) is 64.1 Å². The highest BCUT2D eigenvalue weighted by atomic mass is 32.1. The largest absolute Gasteiger partial charge is 0.497 e. The number of nitrogens with zero attached hydrogens (tertiary/aromatic N) is 9.